The lowest BCUT2D eigenvalue weighted by Crippen LogP contribution is -2.33. The molecule has 3 aromatic rings. The molecule has 0 aliphatic carbocycles. The number of carbonyl (C=O) groups excluding carboxylic acids is 2. The average Bonchev–Trinajstić information content (AvgIpc) is 3.04. The van der Waals surface area contributed by atoms with Gasteiger partial charge in [-0.3, -0.25) is 9.59 Å². The molecule has 1 heterocycles. The lowest BCUT2D eigenvalue weighted by Gasteiger charge is -2.19. The molecule has 1 amide bonds. The van der Waals surface area contributed by atoms with Crippen LogP contribution in [0.15, 0.2) is 54.6 Å². The maximum absolute atomic E-state index is 12.6. The largest absolute Gasteiger partial charge is 0.463 e. The van der Waals surface area contributed by atoms with Crippen LogP contribution >= 0.6 is 0 Å². The van der Waals surface area contributed by atoms with Crippen molar-refractivity contribution in [2.75, 3.05) is 0 Å². The Labute approximate surface area is 157 Å². The van der Waals surface area contributed by atoms with Crippen LogP contribution in [-0.2, 0) is 20.9 Å². The molecular weight excluding hydrogens is 344 g/mol. The Kier molecular flexibility index (Phi) is 5.80. The molecule has 3 rings (SSSR count). The predicted octanol–water partition coefficient (Wildman–Crippen LogP) is 2.63. The van der Waals surface area contributed by atoms with Crippen LogP contribution in [0.4, 0.5) is 0 Å². The topological polar surface area (TPSA) is 86.1 Å². The molecule has 0 spiro atoms. The molecule has 27 heavy (non-hydrogen) atoms. The number of hydrogen-bond donors (Lipinski definition) is 1. The molecule has 2 aromatic carbocycles. The van der Waals surface area contributed by atoms with Crippen LogP contribution < -0.4 is 5.32 Å². The summed E-state index contributed by atoms with van der Waals surface area (Å²) in [5, 5.41) is 11.0. The van der Waals surface area contributed by atoms with Gasteiger partial charge in [-0.25, -0.2) is 4.68 Å². The summed E-state index contributed by atoms with van der Waals surface area (Å²) in [5.74, 6) is -0.609. The highest BCUT2D eigenvalue weighted by Gasteiger charge is 2.20. The zero-order chi connectivity index (χ0) is 19.2. The molecule has 1 atom stereocenters. The summed E-state index contributed by atoms with van der Waals surface area (Å²) in [4.78, 5) is 24.7. The summed E-state index contributed by atoms with van der Waals surface area (Å²) in [6.07, 6.45) is -0.141. The second-order valence-corrected chi connectivity index (χ2v) is 6.51. The number of nitrogens with zero attached hydrogens (tertiary/aromatic N) is 3. The minimum Gasteiger partial charge on any atom is -0.463 e. The van der Waals surface area contributed by atoms with Crippen LogP contribution in [0.25, 0.3) is 11.0 Å². The third-order valence-electron chi connectivity index (χ3n) is 3.99. The molecule has 7 heteroatoms. The second kappa shape index (κ2) is 8.44. The number of ether oxygens (including phenoxy) is 1. The maximum atomic E-state index is 12.6. The number of nitrogens with one attached hydrogen (secondary N) is 1. The SMILES string of the molecule is CC(C)OC(=O)CC(NC(=O)Cn1nnc2ccccc21)c1ccccc1. The quantitative estimate of drug-likeness (QED) is 0.650. The van der Waals surface area contributed by atoms with Gasteiger partial charge in [0.2, 0.25) is 5.91 Å². The Morgan fingerprint density at radius 2 is 1.78 bits per heavy atom. The molecular formula is C20H22N4O3. The number of amides is 1. The van der Waals surface area contributed by atoms with E-state index < -0.39 is 6.04 Å². The molecule has 0 saturated carbocycles. The highest BCUT2D eigenvalue weighted by atomic mass is 16.5. The van der Waals surface area contributed by atoms with Crippen molar-refractivity contribution >= 4 is 22.9 Å². The van der Waals surface area contributed by atoms with Crippen LogP contribution in [0, 0.1) is 0 Å². The Morgan fingerprint density at radius 3 is 2.52 bits per heavy atom. The number of carbonyl (C=O) groups is 2. The van der Waals surface area contributed by atoms with Crippen molar-refractivity contribution in [2.24, 2.45) is 0 Å². The van der Waals surface area contributed by atoms with Gasteiger partial charge >= 0.3 is 5.97 Å². The Balaban J connectivity index is 1.72. The standard InChI is InChI=1S/C20H22N4O3/c1-14(2)27-20(26)12-17(15-8-4-3-5-9-15)21-19(25)13-24-18-11-7-6-10-16(18)22-23-24/h3-11,14,17H,12-13H2,1-2H3,(H,21,25). The molecule has 1 unspecified atom stereocenters. The fraction of sp³-hybridized carbons (Fsp3) is 0.300. The summed E-state index contributed by atoms with van der Waals surface area (Å²) in [6, 6.07) is 16.3. The van der Waals surface area contributed by atoms with E-state index in [9.17, 15) is 9.59 Å². The van der Waals surface area contributed by atoms with E-state index in [1.807, 2.05) is 54.6 Å². The highest BCUT2D eigenvalue weighted by Crippen LogP contribution is 2.18. The van der Waals surface area contributed by atoms with Gasteiger partial charge in [-0.1, -0.05) is 47.7 Å². The molecule has 0 aliphatic rings. The zero-order valence-electron chi connectivity index (χ0n) is 15.3. The first-order valence-electron chi connectivity index (χ1n) is 8.85. The van der Waals surface area contributed by atoms with E-state index in [-0.39, 0.29) is 30.9 Å². The molecule has 1 aromatic heterocycles. The van der Waals surface area contributed by atoms with Gasteiger partial charge in [-0.2, -0.15) is 0 Å². The molecule has 0 bridgehead atoms. The molecule has 0 radical (unpaired) electrons. The lowest BCUT2D eigenvalue weighted by atomic mass is 10.0. The zero-order valence-corrected chi connectivity index (χ0v) is 15.3. The van der Waals surface area contributed by atoms with E-state index in [0.717, 1.165) is 16.6 Å². The van der Waals surface area contributed by atoms with E-state index in [2.05, 4.69) is 15.6 Å². The van der Waals surface area contributed by atoms with Gasteiger partial charge in [0.25, 0.3) is 0 Å². The van der Waals surface area contributed by atoms with E-state index in [0.29, 0.717) is 0 Å². The number of fused-ring (bicyclic) bond motifs is 1. The van der Waals surface area contributed by atoms with Gasteiger partial charge < -0.3 is 10.1 Å². The lowest BCUT2D eigenvalue weighted by molar-refractivity contribution is -0.148. The van der Waals surface area contributed by atoms with Gasteiger partial charge in [-0.05, 0) is 31.5 Å². The van der Waals surface area contributed by atoms with Crippen molar-refractivity contribution in [3.05, 3.63) is 60.2 Å². The van der Waals surface area contributed by atoms with Crippen LogP contribution in [-0.4, -0.2) is 33.0 Å². The number of aromatic nitrogens is 3. The number of esters is 1. The Morgan fingerprint density at radius 1 is 1.07 bits per heavy atom. The van der Waals surface area contributed by atoms with Gasteiger partial charge in [-0.15, -0.1) is 5.10 Å². The first-order chi connectivity index (χ1) is 13.0. The number of para-hydroxylation sites is 1. The first kappa shape index (κ1) is 18.6. The van der Waals surface area contributed by atoms with Crippen molar-refractivity contribution in [3.63, 3.8) is 0 Å². The van der Waals surface area contributed by atoms with E-state index >= 15 is 0 Å². The molecule has 7 nitrogen and oxygen atoms in total. The van der Waals surface area contributed by atoms with Crippen LogP contribution in [0.3, 0.4) is 0 Å². The van der Waals surface area contributed by atoms with Crippen molar-refractivity contribution in [3.8, 4) is 0 Å². The molecule has 0 fully saturated rings. The van der Waals surface area contributed by atoms with E-state index in [1.165, 1.54) is 0 Å². The summed E-state index contributed by atoms with van der Waals surface area (Å²) >= 11 is 0. The Hall–Kier alpha value is -3.22. The second-order valence-electron chi connectivity index (χ2n) is 6.51. The monoisotopic (exact) mass is 366 g/mol. The number of hydrogen-bond acceptors (Lipinski definition) is 5. The molecule has 140 valence electrons. The van der Waals surface area contributed by atoms with Gasteiger partial charge in [0.1, 0.15) is 12.1 Å². The van der Waals surface area contributed by atoms with Crippen LogP contribution in [0.1, 0.15) is 31.9 Å². The minimum atomic E-state index is -0.472. The smallest absolute Gasteiger partial charge is 0.308 e. The molecule has 0 aliphatic heterocycles. The fourth-order valence-corrected chi connectivity index (χ4v) is 2.83. The third kappa shape index (κ3) is 4.91. The summed E-state index contributed by atoms with van der Waals surface area (Å²) in [7, 11) is 0. The van der Waals surface area contributed by atoms with Crippen molar-refractivity contribution in [1.82, 2.24) is 20.3 Å². The van der Waals surface area contributed by atoms with E-state index in [1.54, 1.807) is 18.5 Å². The summed E-state index contributed by atoms with van der Waals surface area (Å²) < 4.78 is 6.77. The summed E-state index contributed by atoms with van der Waals surface area (Å²) in [5.41, 5.74) is 2.35. The van der Waals surface area contributed by atoms with Crippen LogP contribution in [0.2, 0.25) is 0 Å². The highest BCUT2D eigenvalue weighted by molar-refractivity contribution is 5.80. The number of rotatable bonds is 7. The van der Waals surface area contributed by atoms with Gasteiger partial charge in [0.15, 0.2) is 0 Å². The number of benzene rings is 2. The van der Waals surface area contributed by atoms with E-state index in [4.69, 9.17) is 4.74 Å². The summed E-state index contributed by atoms with van der Waals surface area (Å²) in [6.45, 7) is 3.61. The predicted molar refractivity (Wildman–Crippen MR) is 101 cm³/mol. The Bertz CT molecular complexity index is 921. The molecule has 0 saturated heterocycles. The fourth-order valence-electron chi connectivity index (χ4n) is 2.83. The van der Waals surface area contributed by atoms with Crippen LogP contribution in [0.5, 0.6) is 0 Å². The van der Waals surface area contributed by atoms with Gasteiger partial charge in [0.05, 0.1) is 24.1 Å². The maximum Gasteiger partial charge on any atom is 0.308 e. The van der Waals surface area contributed by atoms with Crippen molar-refractivity contribution in [2.45, 2.75) is 39.0 Å². The first-order valence-corrected chi connectivity index (χ1v) is 8.85. The van der Waals surface area contributed by atoms with Crippen molar-refractivity contribution < 1.29 is 14.3 Å². The normalized spacial score (nSPS) is 12.1. The average molecular weight is 366 g/mol. The van der Waals surface area contributed by atoms with Crippen molar-refractivity contribution in [1.29, 1.82) is 0 Å². The molecule has 1 N–H and O–H groups in total. The third-order valence-corrected chi connectivity index (χ3v) is 3.99. The minimum absolute atomic E-state index is 0.0169. The van der Waals surface area contributed by atoms with Gasteiger partial charge in [0, 0.05) is 0 Å².